The molecule has 0 aliphatic rings. The number of benzene rings is 18. The number of imidazole rings is 2. The minimum absolute atomic E-state index is 0.916. The molecule has 0 bridgehead atoms. The molecule has 0 saturated carbocycles. The van der Waals surface area contributed by atoms with E-state index in [1.165, 1.54) is 76.1 Å². The van der Waals surface area contributed by atoms with Crippen molar-refractivity contribution in [3.63, 3.8) is 0 Å². The van der Waals surface area contributed by atoms with E-state index < -0.39 is 0 Å². The SMILES string of the molecule is c1ccc(-c2nc3cc(-c4cc(-c5cccc6ccccc56)nc5c4cc(-c4cccc6ccccc46)c4ccccc45)ccc3n2-c2ccccc2)cc1.c1ccc(-c2nc3ccccc3n2-c2ccc(-c3cc(-c4cccc5ccccc45)nc4c3cc(-c3cccc5ccccc35)c3ccccc34)cc2)cc1. The highest BCUT2D eigenvalue weighted by atomic mass is 15.1. The third-order valence-corrected chi connectivity index (χ3v) is 22.0. The number of aromatic nitrogens is 6. The molecule has 0 aliphatic heterocycles. The first-order chi connectivity index (χ1) is 54.6. The van der Waals surface area contributed by atoms with Crippen molar-refractivity contribution in [1.82, 2.24) is 29.1 Å². The molecule has 4 aromatic heterocycles. The molecule has 110 heavy (non-hydrogen) atoms. The van der Waals surface area contributed by atoms with Crippen LogP contribution >= 0.6 is 0 Å². The van der Waals surface area contributed by atoms with Gasteiger partial charge in [-0.25, -0.2) is 19.9 Å². The van der Waals surface area contributed by atoms with E-state index in [-0.39, 0.29) is 0 Å². The number of pyridine rings is 2. The number of nitrogens with zero attached hydrogens (tertiary/aromatic N) is 6. The van der Waals surface area contributed by atoms with Gasteiger partial charge in [0.1, 0.15) is 11.6 Å². The fourth-order valence-electron chi connectivity index (χ4n) is 16.8. The van der Waals surface area contributed by atoms with Crippen molar-refractivity contribution in [1.29, 1.82) is 0 Å². The van der Waals surface area contributed by atoms with Crippen molar-refractivity contribution < 1.29 is 0 Å². The summed E-state index contributed by atoms with van der Waals surface area (Å²) in [7, 11) is 0. The van der Waals surface area contributed by atoms with E-state index in [9.17, 15) is 0 Å². The molecule has 0 saturated heterocycles. The van der Waals surface area contributed by atoms with E-state index in [1.54, 1.807) is 0 Å². The number of para-hydroxylation sites is 3. The van der Waals surface area contributed by atoms with Crippen LogP contribution in [0.25, 0.3) is 210 Å². The fraction of sp³-hybridized carbons (Fsp3) is 0. The van der Waals surface area contributed by atoms with Crippen LogP contribution in [-0.2, 0) is 0 Å². The van der Waals surface area contributed by atoms with E-state index in [0.29, 0.717) is 0 Å². The van der Waals surface area contributed by atoms with Gasteiger partial charge in [0.25, 0.3) is 0 Å². The normalized spacial score (nSPS) is 11.6. The Morgan fingerprint density at radius 1 is 0.173 bits per heavy atom. The summed E-state index contributed by atoms with van der Waals surface area (Å²) in [5, 5.41) is 16.6. The van der Waals surface area contributed by atoms with Crippen LogP contribution in [0.2, 0.25) is 0 Å². The Balaban J connectivity index is 0.000000140. The third-order valence-electron chi connectivity index (χ3n) is 22.0. The van der Waals surface area contributed by atoms with E-state index in [4.69, 9.17) is 19.9 Å². The van der Waals surface area contributed by atoms with Gasteiger partial charge in [-0.2, -0.15) is 0 Å². The molecule has 0 N–H and O–H groups in total. The van der Waals surface area contributed by atoms with Crippen LogP contribution in [0.15, 0.2) is 400 Å². The van der Waals surface area contributed by atoms with E-state index >= 15 is 0 Å². The second kappa shape index (κ2) is 26.7. The molecule has 22 rings (SSSR count). The lowest BCUT2D eigenvalue weighted by Gasteiger charge is -2.17. The zero-order valence-electron chi connectivity index (χ0n) is 59.8. The fourth-order valence-corrected chi connectivity index (χ4v) is 16.8. The minimum atomic E-state index is 0.916. The molecule has 4 heterocycles. The Bertz CT molecular complexity index is 7370. The molecular formula is C104H66N6. The van der Waals surface area contributed by atoms with Gasteiger partial charge in [0.2, 0.25) is 0 Å². The summed E-state index contributed by atoms with van der Waals surface area (Å²) < 4.78 is 4.54. The number of hydrogen-bond acceptors (Lipinski definition) is 4. The van der Waals surface area contributed by atoms with Crippen LogP contribution in [0.1, 0.15) is 0 Å². The molecule has 512 valence electrons. The van der Waals surface area contributed by atoms with Gasteiger partial charge < -0.3 is 0 Å². The largest absolute Gasteiger partial charge is 0.292 e. The molecule has 0 radical (unpaired) electrons. The number of fused-ring (bicyclic) bond motifs is 12. The van der Waals surface area contributed by atoms with Crippen LogP contribution in [0.5, 0.6) is 0 Å². The van der Waals surface area contributed by atoms with Gasteiger partial charge in [-0.05, 0) is 171 Å². The zero-order valence-corrected chi connectivity index (χ0v) is 59.8. The van der Waals surface area contributed by atoms with Crippen LogP contribution < -0.4 is 0 Å². The van der Waals surface area contributed by atoms with Crippen molar-refractivity contribution >= 4 is 109 Å². The molecule has 0 spiro atoms. The molecule has 0 unspecified atom stereocenters. The van der Waals surface area contributed by atoms with Crippen molar-refractivity contribution in [2.45, 2.75) is 0 Å². The molecule has 22 aromatic rings. The van der Waals surface area contributed by atoms with E-state index in [2.05, 4.69) is 403 Å². The Morgan fingerprint density at radius 3 is 1.00 bits per heavy atom. The maximum atomic E-state index is 5.55. The predicted molar refractivity (Wildman–Crippen MR) is 461 cm³/mol. The van der Waals surface area contributed by atoms with Gasteiger partial charge in [0.05, 0.1) is 44.5 Å². The van der Waals surface area contributed by atoms with Gasteiger partial charge in [0.15, 0.2) is 0 Å². The Labute approximate surface area is 635 Å². The second-order valence-electron chi connectivity index (χ2n) is 28.3. The molecule has 18 aromatic carbocycles. The summed E-state index contributed by atoms with van der Waals surface area (Å²) in [4.78, 5) is 21.5. The van der Waals surface area contributed by atoms with Crippen LogP contribution in [0.4, 0.5) is 0 Å². The first-order valence-corrected chi connectivity index (χ1v) is 37.5. The highest BCUT2D eigenvalue weighted by molar-refractivity contribution is 6.21. The highest BCUT2D eigenvalue weighted by Gasteiger charge is 2.24. The first kappa shape index (κ1) is 63.7. The lowest BCUT2D eigenvalue weighted by molar-refractivity contribution is 1.10. The maximum Gasteiger partial charge on any atom is 0.145 e. The number of hydrogen-bond donors (Lipinski definition) is 0. The summed E-state index contributed by atoms with van der Waals surface area (Å²) in [6, 6.07) is 143. The Hall–Kier alpha value is -14.7. The van der Waals surface area contributed by atoms with Gasteiger partial charge in [0, 0.05) is 55.2 Å². The quantitative estimate of drug-likeness (QED) is 0.128. The van der Waals surface area contributed by atoms with Crippen LogP contribution in [-0.4, -0.2) is 29.1 Å². The Kier molecular flexibility index (Phi) is 15.5. The molecule has 0 fully saturated rings. The zero-order chi connectivity index (χ0) is 72.6. The van der Waals surface area contributed by atoms with Crippen molar-refractivity contribution in [2.24, 2.45) is 0 Å². The average molecular weight is 1400 g/mol. The topological polar surface area (TPSA) is 61.4 Å². The van der Waals surface area contributed by atoms with E-state index in [1.807, 2.05) is 6.07 Å². The summed E-state index contributed by atoms with van der Waals surface area (Å²) >= 11 is 0. The van der Waals surface area contributed by atoms with Gasteiger partial charge >= 0.3 is 0 Å². The average Bonchev–Trinajstić information content (AvgIpc) is 0.848. The summed E-state index contributed by atoms with van der Waals surface area (Å²) in [5.41, 5.74) is 23.8. The smallest absolute Gasteiger partial charge is 0.145 e. The van der Waals surface area contributed by atoms with Crippen molar-refractivity contribution in [2.75, 3.05) is 0 Å². The van der Waals surface area contributed by atoms with Gasteiger partial charge in [-0.15, -0.1) is 0 Å². The van der Waals surface area contributed by atoms with Crippen molar-refractivity contribution in [3.8, 4) is 101 Å². The van der Waals surface area contributed by atoms with Gasteiger partial charge in [-0.1, -0.05) is 328 Å². The monoisotopic (exact) mass is 1400 g/mol. The minimum Gasteiger partial charge on any atom is -0.292 e. The lowest BCUT2D eigenvalue weighted by atomic mass is 9.89. The highest BCUT2D eigenvalue weighted by Crippen LogP contribution is 2.47. The van der Waals surface area contributed by atoms with Crippen LogP contribution in [0.3, 0.4) is 0 Å². The third kappa shape index (κ3) is 11.0. The van der Waals surface area contributed by atoms with Gasteiger partial charge in [-0.3, -0.25) is 9.13 Å². The summed E-state index contributed by atoms with van der Waals surface area (Å²) in [6.45, 7) is 0. The predicted octanol–water partition coefficient (Wildman–Crippen LogP) is 27.4. The van der Waals surface area contributed by atoms with Crippen molar-refractivity contribution in [3.05, 3.63) is 400 Å². The van der Waals surface area contributed by atoms with Crippen LogP contribution in [0, 0.1) is 0 Å². The maximum absolute atomic E-state index is 5.55. The molecule has 6 heteroatoms. The second-order valence-corrected chi connectivity index (χ2v) is 28.3. The Morgan fingerprint density at radius 2 is 0.518 bits per heavy atom. The summed E-state index contributed by atoms with van der Waals surface area (Å²) in [6.07, 6.45) is 0. The molecule has 0 aliphatic carbocycles. The molecule has 6 nitrogen and oxygen atoms in total. The first-order valence-electron chi connectivity index (χ1n) is 37.5. The van der Waals surface area contributed by atoms with E-state index in [0.717, 1.165) is 134 Å². The lowest BCUT2D eigenvalue weighted by Crippen LogP contribution is -1.98. The number of rotatable bonds is 10. The summed E-state index contributed by atoms with van der Waals surface area (Å²) in [5.74, 6) is 1.84. The molecule has 0 amide bonds. The standard InChI is InChI=1S/2C52H33N3/c1-3-17-36(18-4-1)52-54-49-31-37(29-30-50(49)55(52)38-21-5-2-6-22-38)45-33-48(43-28-14-20-35-16-8-10-24-40(35)43)53-51-44-26-12-11-25-42(44)46(32-47(45)51)41-27-13-19-34-15-7-9-23-39(34)41;1-2-16-37(17-3-1)52-54-48-26-10-11-27-50(48)55(52)38-30-28-36(29-31-38)45-33-49(43-25-13-19-35-15-5-7-21-40(35)43)53-51-44-23-9-8-22-42(44)46(32-47(45)51)41-24-12-18-34-14-4-6-20-39(34)41/h2*1-33H. The molecular weight excluding hydrogens is 1330 g/mol. The molecule has 0 atom stereocenters.